The van der Waals surface area contributed by atoms with Crippen molar-refractivity contribution in [2.24, 2.45) is 0 Å². The van der Waals surface area contributed by atoms with Crippen molar-refractivity contribution in [3.63, 3.8) is 0 Å². The molecule has 26 heavy (non-hydrogen) atoms. The van der Waals surface area contributed by atoms with E-state index in [9.17, 15) is 9.59 Å². The topological polar surface area (TPSA) is 64.0 Å². The van der Waals surface area contributed by atoms with Crippen LogP contribution in [-0.4, -0.2) is 22.0 Å². The van der Waals surface area contributed by atoms with Gasteiger partial charge in [0.15, 0.2) is 0 Å². The van der Waals surface area contributed by atoms with Crippen LogP contribution in [0, 0.1) is 6.92 Å². The van der Waals surface area contributed by atoms with E-state index in [1.807, 2.05) is 25.1 Å². The van der Waals surface area contributed by atoms with E-state index >= 15 is 0 Å². The fraction of sp³-hybridized carbons (Fsp3) is 0.571. The van der Waals surface area contributed by atoms with E-state index in [-0.39, 0.29) is 11.5 Å². The number of nitrogens with one attached hydrogen (secondary N) is 1. The van der Waals surface area contributed by atoms with Crippen molar-refractivity contribution in [2.75, 3.05) is 6.54 Å². The second-order valence-corrected chi connectivity index (χ2v) is 6.85. The molecule has 0 aliphatic heterocycles. The molecule has 0 bridgehead atoms. The SMILES string of the molecule is CCCCCCCCCNC(=O)CCn1c(C)nc2ccccc2c1=O. The second-order valence-electron chi connectivity index (χ2n) is 6.85. The minimum atomic E-state index is -0.0759. The number of aromatic nitrogens is 2. The third kappa shape index (κ3) is 5.97. The number of hydrogen-bond acceptors (Lipinski definition) is 3. The van der Waals surface area contributed by atoms with Crippen molar-refractivity contribution >= 4 is 16.8 Å². The van der Waals surface area contributed by atoms with Crippen LogP contribution in [0.15, 0.2) is 29.1 Å². The van der Waals surface area contributed by atoms with Crippen LogP contribution in [0.5, 0.6) is 0 Å². The van der Waals surface area contributed by atoms with Gasteiger partial charge in [-0.1, -0.05) is 57.6 Å². The minimum absolute atomic E-state index is 0.00422. The maximum atomic E-state index is 12.6. The summed E-state index contributed by atoms with van der Waals surface area (Å²) in [6.45, 7) is 5.12. The maximum Gasteiger partial charge on any atom is 0.261 e. The molecule has 1 amide bonds. The summed E-state index contributed by atoms with van der Waals surface area (Å²) in [4.78, 5) is 29.1. The predicted octanol–water partition coefficient (Wildman–Crippen LogP) is 3.96. The first-order valence-corrected chi connectivity index (χ1v) is 9.86. The lowest BCUT2D eigenvalue weighted by Crippen LogP contribution is -2.29. The Kier molecular flexibility index (Phi) is 8.32. The zero-order chi connectivity index (χ0) is 18.8. The lowest BCUT2D eigenvalue weighted by molar-refractivity contribution is -0.121. The minimum Gasteiger partial charge on any atom is -0.356 e. The van der Waals surface area contributed by atoms with E-state index in [4.69, 9.17) is 0 Å². The highest BCUT2D eigenvalue weighted by atomic mass is 16.1. The van der Waals surface area contributed by atoms with Crippen LogP contribution in [0.2, 0.25) is 0 Å². The normalized spacial score (nSPS) is 11.0. The molecule has 142 valence electrons. The van der Waals surface area contributed by atoms with Gasteiger partial charge >= 0.3 is 0 Å². The Hall–Kier alpha value is -2.17. The molecule has 0 spiro atoms. The number of aryl methyl sites for hydroxylation is 1. The Morgan fingerprint density at radius 1 is 1.08 bits per heavy atom. The van der Waals surface area contributed by atoms with Crippen LogP contribution in [0.1, 0.15) is 64.1 Å². The summed E-state index contributed by atoms with van der Waals surface area (Å²) in [7, 11) is 0. The number of fused-ring (bicyclic) bond motifs is 1. The van der Waals surface area contributed by atoms with Gasteiger partial charge in [-0.3, -0.25) is 14.2 Å². The summed E-state index contributed by atoms with van der Waals surface area (Å²) in [5.41, 5.74) is 0.627. The van der Waals surface area contributed by atoms with Crippen LogP contribution in [0.25, 0.3) is 10.9 Å². The summed E-state index contributed by atoms with van der Waals surface area (Å²) in [6, 6.07) is 7.32. The number of benzene rings is 1. The number of rotatable bonds is 11. The van der Waals surface area contributed by atoms with Crippen LogP contribution in [0.4, 0.5) is 0 Å². The van der Waals surface area contributed by atoms with Crippen molar-refractivity contribution in [1.29, 1.82) is 0 Å². The first kappa shape index (κ1) is 20.1. The zero-order valence-electron chi connectivity index (χ0n) is 16.1. The van der Waals surface area contributed by atoms with Crippen molar-refractivity contribution in [3.8, 4) is 0 Å². The van der Waals surface area contributed by atoms with E-state index in [1.54, 1.807) is 10.6 Å². The predicted molar refractivity (Wildman–Crippen MR) is 106 cm³/mol. The molecule has 0 atom stereocenters. The van der Waals surface area contributed by atoms with Gasteiger partial charge in [0.2, 0.25) is 5.91 Å². The van der Waals surface area contributed by atoms with Crippen molar-refractivity contribution in [1.82, 2.24) is 14.9 Å². The van der Waals surface area contributed by atoms with Gasteiger partial charge in [0.05, 0.1) is 10.9 Å². The van der Waals surface area contributed by atoms with E-state index in [0.29, 0.717) is 29.7 Å². The van der Waals surface area contributed by atoms with Crippen LogP contribution in [0.3, 0.4) is 0 Å². The number of unbranched alkanes of at least 4 members (excludes halogenated alkanes) is 6. The fourth-order valence-electron chi connectivity index (χ4n) is 3.15. The van der Waals surface area contributed by atoms with Gasteiger partial charge in [-0.2, -0.15) is 0 Å². The molecular formula is C21H31N3O2. The van der Waals surface area contributed by atoms with Gasteiger partial charge in [-0.25, -0.2) is 4.98 Å². The lowest BCUT2D eigenvalue weighted by atomic mass is 10.1. The van der Waals surface area contributed by atoms with Crippen molar-refractivity contribution < 1.29 is 4.79 Å². The van der Waals surface area contributed by atoms with E-state index in [2.05, 4.69) is 17.2 Å². The van der Waals surface area contributed by atoms with Crippen LogP contribution >= 0.6 is 0 Å². The van der Waals surface area contributed by atoms with Gasteiger partial charge in [-0.15, -0.1) is 0 Å². The highest BCUT2D eigenvalue weighted by molar-refractivity contribution is 5.77. The molecule has 2 aromatic rings. The van der Waals surface area contributed by atoms with Crippen LogP contribution in [-0.2, 0) is 11.3 Å². The van der Waals surface area contributed by atoms with Crippen molar-refractivity contribution in [2.45, 2.75) is 71.8 Å². The average Bonchev–Trinajstić information content (AvgIpc) is 2.63. The van der Waals surface area contributed by atoms with E-state index < -0.39 is 0 Å². The first-order chi connectivity index (χ1) is 12.6. The molecule has 1 heterocycles. The maximum absolute atomic E-state index is 12.6. The Morgan fingerprint density at radius 3 is 2.54 bits per heavy atom. The van der Waals surface area contributed by atoms with E-state index in [0.717, 1.165) is 19.4 Å². The Morgan fingerprint density at radius 2 is 1.77 bits per heavy atom. The second kappa shape index (κ2) is 10.7. The smallest absolute Gasteiger partial charge is 0.261 e. The molecule has 0 aliphatic rings. The number of nitrogens with zero attached hydrogens (tertiary/aromatic N) is 2. The monoisotopic (exact) mass is 357 g/mol. The largest absolute Gasteiger partial charge is 0.356 e. The number of hydrogen-bond donors (Lipinski definition) is 1. The van der Waals surface area contributed by atoms with Crippen molar-refractivity contribution in [3.05, 3.63) is 40.4 Å². The van der Waals surface area contributed by atoms with Gasteiger partial charge in [0.1, 0.15) is 5.82 Å². The highest BCUT2D eigenvalue weighted by Gasteiger charge is 2.09. The summed E-state index contributed by atoms with van der Waals surface area (Å²) in [6.07, 6.45) is 8.93. The summed E-state index contributed by atoms with van der Waals surface area (Å²) >= 11 is 0. The number of carbonyl (C=O) groups excluding carboxylic acids is 1. The number of carbonyl (C=O) groups is 1. The van der Waals surface area contributed by atoms with E-state index in [1.165, 1.54) is 32.1 Å². The molecular weight excluding hydrogens is 326 g/mol. The molecule has 1 aromatic carbocycles. The molecule has 0 fully saturated rings. The average molecular weight is 357 g/mol. The molecule has 0 saturated heterocycles. The Balaban J connectivity index is 1.74. The van der Waals surface area contributed by atoms with Gasteiger partial charge in [0.25, 0.3) is 5.56 Å². The molecule has 5 nitrogen and oxygen atoms in total. The first-order valence-electron chi connectivity index (χ1n) is 9.86. The fourth-order valence-corrected chi connectivity index (χ4v) is 3.15. The zero-order valence-corrected chi connectivity index (χ0v) is 16.1. The Labute approximate surface area is 155 Å². The van der Waals surface area contributed by atoms with Gasteiger partial charge < -0.3 is 5.32 Å². The third-order valence-corrected chi connectivity index (χ3v) is 4.72. The summed E-state index contributed by atoms with van der Waals surface area (Å²) in [5.74, 6) is 0.643. The molecule has 0 aliphatic carbocycles. The third-order valence-electron chi connectivity index (χ3n) is 4.72. The van der Waals surface area contributed by atoms with Gasteiger partial charge in [0, 0.05) is 19.5 Å². The summed E-state index contributed by atoms with van der Waals surface area (Å²) < 4.78 is 1.59. The molecule has 0 unspecified atom stereocenters. The molecule has 0 saturated carbocycles. The standard InChI is InChI=1S/C21H31N3O2/c1-3-4-5-6-7-8-11-15-22-20(25)14-16-24-17(2)23-19-13-10-9-12-18(19)21(24)26/h9-10,12-13H,3-8,11,14-16H2,1-2H3,(H,22,25). The molecule has 5 heteroatoms. The van der Waals surface area contributed by atoms with Crippen LogP contribution < -0.4 is 10.9 Å². The molecule has 1 aromatic heterocycles. The lowest BCUT2D eigenvalue weighted by Gasteiger charge is -2.11. The summed E-state index contributed by atoms with van der Waals surface area (Å²) in [5, 5.41) is 3.56. The molecule has 1 N–H and O–H groups in total. The number of para-hydroxylation sites is 1. The Bertz CT molecular complexity index is 767. The highest BCUT2D eigenvalue weighted by Crippen LogP contribution is 2.08. The van der Waals surface area contributed by atoms with Gasteiger partial charge in [-0.05, 0) is 25.5 Å². The quantitative estimate of drug-likeness (QED) is 0.619. The molecule has 2 rings (SSSR count). The number of amides is 1. The molecule has 0 radical (unpaired) electrons.